The number of carboxylic acids is 1. The van der Waals surface area contributed by atoms with E-state index in [1.807, 2.05) is 41.7 Å². The van der Waals surface area contributed by atoms with Gasteiger partial charge in [0.05, 0.1) is 16.8 Å². The Morgan fingerprint density at radius 2 is 1.96 bits per heavy atom. The van der Waals surface area contributed by atoms with E-state index in [1.54, 1.807) is 12.1 Å². The Morgan fingerprint density at radius 3 is 2.54 bits per heavy atom. The van der Waals surface area contributed by atoms with E-state index < -0.39 is 5.97 Å². The third kappa shape index (κ3) is 2.42. The summed E-state index contributed by atoms with van der Waals surface area (Å²) >= 11 is 0. The fourth-order valence-corrected chi connectivity index (χ4v) is 2.65. The summed E-state index contributed by atoms with van der Waals surface area (Å²) in [5.41, 5.74) is 3.41. The van der Waals surface area contributed by atoms with Gasteiger partial charge in [-0.25, -0.2) is 4.79 Å². The van der Waals surface area contributed by atoms with Gasteiger partial charge in [-0.1, -0.05) is 6.07 Å². The number of pyridine rings is 1. The molecule has 6 nitrogen and oxygen atoms in total. The number of fused-ring (bicyclic) bond motifs is 1. The first kappa shape index (κ1) is 15.4. The molecule has 0 saturated heterocycles. The lowest BCUT2D eigenvalue weighted by atomic mass is 10.1. The lowest BCUT2D eigenvalue weighted by Crippen LogP contribution is -2.08. The highest BCUT2D eigenvalue weighted by Crippen LogP contribution is 2.31. The number of aromatic nitrogens is 1. The van der Waals surface area contributed by atoms with E-state index in [0.717, 1.165) is 11.2 Å². The molecule has 0 atom stereocenters. The van der Waals surface area contributed by atoms with Gasteiger partial charge < -0.3 is 19.5 Å². The van der Waals surface area contributed by atoms with Crippen molar-refractivity contribution in [2.75, 3.05) is 19.0 Å². The number of aromatic carboxylic acids is 1. The number of carboxylic acid groups (broad SMARTS) is 1. The predicted octanol–water partition coefficient (Wildman–Crippen LogP) is 2.95. The van der Waals surface area contributed by atoms with Crippen LogP contribution < -0.4 is 4.90 Å². The van der Waals surface area contributed by atoms with Crippen LogP contribution in [0.2, 0.25) is 0 Å². The summed E-state index contributed by atoms with van der Waals surface area (Å²) in [5.74, 6) is -1.49. The monoisotopic (exact) mass is 321 g/mol. The number of anilines is 1. The van der Waals surface area contributed by atoms with Crippen LogP contribution in [-0.4, -0.2) is 34.7 Å². The molecule has 120 valence electrons. The summed E-state index contributed by atoms with van der Waals surface area (Å²) in [4.78, 5) is 13.0. The highest BCUT2D eigenvalue weighted by molar-refractivity contribution is 5.92. The van der Waals surface area contributed by atoms with Crippen molar-refractivity contribution in [3.63, 3.8) is 0 Å². The van der Waals surface area contributed by atoms with Gasteiger partial charge in [0.1, 0.15) is 17.4 Å². The Hall–Kier alpha value is -3.46. The van der Waals surface area contributed by atoms with Gasteiger partial charge in [-0.15, -0.1) is 0 Å². The van der Waals surface area contributed by atoms with Crippen LogP contribution in [0, 0.1) is 11.3 Å². The van der Waals surface area contributed by atoms with Crippen molar-refractivity contribution >= 4 is 17.2 Å². The maximum atomic E-state index is 11.0. The van der Waals surface area contributed by atoms with Gasteiger partial charge in [0.15, 0.2) is 0 Å². The zero-order valence-electron chi connectivity index (χ0n) is 13.2. The van der Waals surface area contributed by atoms with Crippen molar-refractivity contribution in [2.45, 2.75) is 0 Å². The number of nitriles is 1. The number of nitrogens with zero attached hydrogens (tertiary/aromatic N) is 3. The van der Waals surface area contributed by atoms with E-state index in [4.69, 9.17) is 5.11 Å². The van der Waals surface area contributed by atoms with Gasteiger partial charge in [-0.05, 0) is 30.3 Å². The normalized spacial score (nSPS) is 10.5. The van der Waals surface area contributed by atoms with Crippen molar-refractivity contribution in [1.82, 2.24) is 4.40 Å². The van der Waals surface area contributed by atoms with E-state index in [-0.39, 0.29) is 11.3 Å². The van der Waals surface area contributed by atoms with Crippen molar-refractivity contribution < 1.29 is 15.0 Å². The number of aromatic hydroxyl groups is 1. The second-order valence-corrected chi connectivity index (χ2v) is 5.63. The summed E-state index contributed by atoms with van der Waals surface area (Å²) in [6.07, 6.45) is 1.85. The second-order valence-electron chi connectivity index (χ2n) is 5.63. The number of phenols is 1. The zero-order chi connectivity index (χ0) is 17.4. The Morgan fingerprint density at radius 1 is 1.21 bits per heavy atom. The predicted molar refractivity (Wildman–Crippen MR) is 90.5 cm³/mol. The lowest BCUT2D eigenvalue weighted by Gasteiger charge is -2.13. The van der Waals surface area contributed by atoms with Crippen LogP contribution in [0.5, 0.6) is 5.75 Å². The third-order valence-corrected chi connectivity index (χ3v) is 3.92. The molecule has 0 unspecified atom stereocenters. The van der Waals surface area contributed by atoms with E-state index in [9.17, 15) is 15.2 Å². The van der Waals surface area contributed by atoms with Crippen molar-refractivity contribution in [3.8, 4) is 23.1 Å². The average Bonchev–Trinajstić information content (AvgIpc) is 2.92. The molecule has 0 bridgehead atoms. The minimum atomic E-state index is -1.19. The molecule has 0 aliphatic carbocycles. The molecule has 24 heavy (non-hydrogen) atoms. The fourth-order valence-electron chi connectivity index (χ4n) is 2.65. The molecular weight excluding hydrogens is 306 g/mol. The molecular formula is C18H15N3O3. The Kier molecular flexibility index (Phi) is 3.62. The average molecular weight is 321 g/mol. The van der Waals surface area contributed by atoms with Crippen LogP contribution in [0.15, 0.2) is 42.6 Å². The molecule has 2 aromatic heterocycles. The van der Waals surface area contributed by atoms with Crippen molar-refractivity contribution in [2.24, 2.45) is 0 Å². The quantitative estimate of drug-likeness (QED) is 0.774. The van der Waals surface area contributed by atoms with E-state index in [0.29, 0.717) is 16.8 Å². The van der Waals surface area contributed by atoms with Crippen LogP contribution >= 0.6 is 0 Å². The van der Waals surface area contributed by atoms with E-state index in [1.165, 1.54) is 12.1 Å². The van der Waals surface area contributed by atoms with Crippen molar-refractivity contribution in [1.29, 1.82) is 5.26 Å². The van der Waals surface area contributed by atoms with Gasteiger partial charge >= 0.3 is 5.97 Å². The fraction of sp³-hybridized carbons (Fsp3) is 0.111. The van der Waals surface area contributed by atoms with Crippen molar-refractivity contribution in [3.05, 3.63) is 53.7 Å². The maximum Gasteiger partial charge on any atom is 0.339 e. The smallest absolute Gasteiger partial charge is 0.339 e. The lowest BCUT2D eigenvalue weighted by molar-refractivity contribution is 0.0694. The molecule has 0 saturated carbocycles. The molecule has 6 heteroatoms. The molecule has 0 radical (unpaired) electrons. The number of hydrogen-bond donors (Lipinski definition) is 2. The first-order valence-electron chi connectivity index (χ1n) is 7.21. The molecule has 2 heterocycles. The van der Waals surface area contributed by atoms with Crippen LogP contribution in [0.1, 0.15) is 15.9 Å². The number of carbonyl (C=O) groups is 1. The summed E-state index contributed by atoms with van der Waals surface area (Å²) < 4.78 is 1.85. The highest BCUT2D eigenvalue weighted by atomic mass is 16.4. The largest absolute Gasteiger partial charge is 0.507 e. The topological polar surface area (TPSA) is 89.0 Å². The van der Waals surface area contributed by atoms with Crippen LogP contribution in [0.25, 0.3) is 16.8 Å². The molecule has 1 aromatic carbocycles. The first-order chi connectivity index (χ1) is 11.4. The minimum absolute atomic E-state index is 0.157. The Bertz CT molecular complexity index is 997. The molecule has 3 rings (SSSR count). The van der Waals surface area contributed by atoms with E-state index in [2.05, 4.69) is 6.07 Å². The highest BCUT2D eigenvalue weighted by Gasteiger charge is 2.15. The molecule has 3 aromatic rings. The van der Waals surface area contributed by atoms with Crippen LogP contribution in [-0.2, 0) is 0 Å². The summed E-state index contributed by atoms with van der Waals surface area (Å²) in [7, 11) is 3.84. The number of rotatable bonds is 3. The SMILES string of the molecule is CN(C)c1ccn2c(-c3ccc(C(=O)O)c(O)c3)cc(C#N)c2c1. The second kappa shape index (κ2) is 5.63. The first-order valence-corrected chi connectivity index (χ1v) is 7.21. The molecule has 0 aliphatic heterocycles. The van der Waals surface area contributed by atoms with Gasteiger partial charge in [0.2, 0.25) is 0 Å². The Balaban J connectivity index is 2.22. The molecule has 0 aliphatic rings. The summed E-state index contributed by atoms with van der Waals surface area (Å²) in [6, 6.07) is 12.1. The summed E-state index contributed by atoms with van der Waals surface area (Å²) in [6.45, 7) is 0. The minimum Gasteiger partial charge on any atom is -0.507 e. The summed E-state index contributed by atoms with van der Waals surface area (Å²) in [5, 5.41) is 28.3. The molecule has 0 spiro atoms. The standard InChI is InChI=1S/C18H15N3O3/c1-20(2)13-5-6-21-15(7-12(10-19)16(21)9-13)11-3-4-14(18(23)24)17(22)8-11/h3-9,22H,1-2H3,(H,23,24). The third-order valence-electron chi connectivity index (χ3n) is 3.92. The molecule has 2 N–H and O–H groups in total. The zero-order valence-corrected chi connectivity index (χ0v) is 13.2. The van der Waals surface area contributed by atoms with Crippen LogP contribution in [0.4, 0.5) is 5.69 Å². The van der Waals surface area contributed by atoms with Gasteiger partial charge in [0, 0.05) is 31.5 Å². The van der Waals surface area contributed by atoms with Crippen LogP contribution in [0.3, 0.4) is 0 Å². The Labute approximate surface area is 138 Å². The number of hydrogen-bond acceptors (Lipinski definition) is 4. The van der Waals surface area contributed by atoms with Gasteiger partial charge in [-0.2, -0.15) is 5.26 Å². The van der Waals surface area contributed by atoms with Gasteiger partial charge in [0.25, 0.3) is 0 Å². The molecule has 0 amide bonds. The van der Waals surface area contributed by atoms with E-state index >= 15 is 0 Å². The molecule has 0 fully saturated rings. The maximum absolute atomic E-state index is 11.0. The number of benzene rings is 1. The van der Waals surface area contributed by atoms with Gasteiger partial charge in [-0.3, -0.25) is 0 Å².